The van der Waals surface area contributed by atoms with Gasteiger partial charge in [-0.1, -0.05) is 6.07 Å². The number of rotatable bonds is 3. The third-order valence-corrected chi connectivity index (χ3v) is 7.78. The van der Waals surface area contributed by atoms with E-state index in [4.69, 9.17) is 0 Å². The van der Waals surface area contributed by atoms with E-state index in [0.717, 1.165) is 27.8 Å². The zero-order chi connectivity index (χ0) is 23.4. The van der Waals surface area contributed by atoms with Crippen molar-refractivity contribution in [2.75, 3.05) is 5.75 Å². The predicted molar refractivity (Wildman–Crippen MR) is 108 cm³/mol. The zero-order valence-electron chi connectivity index (χ0n) is 16.8. The van der Waals surface area contributed by atoms with E-state index in [1.807, 2.05) is 0 Å². The maximum atomic E-state index is 13.8. The number of amides is 2. The summed E-state index contributed by atoms with van der Waals surface area (Å²) in [4.78, 5) is 39.2. The van der Waals surface area contributed by atoms with Crippen LogP contribution in [-0.2, 0) is 22.9 Å². The molecule has 0 aliphatic carbocycles. The molecule has 1 fully saturated rings. The highest BCUT2D eigenvalue weighted by Crippen LogP contribution is 2.32. The number of aromatic hydroxyl groups is 1. The van der Waals surface area contributed by atoms with Gasteiger partial charge in [-0.05, 0) is 19.4 Å². The summed E-state index contributed by atoms with van der Waals surface area (Å²) in [7, 11) is -3.65. The van der Waals surface area contributed by atoms with E-state index < -0.39 is 67.1 Å². The van der Waals surface area contributed by atoms with Crippen LogP contribution < -0.4 is 10.7 Å². The number of fused-ring (bicyclic) bond motifs is 2. The average molecular weight is 467 g/mol. The minimum atomic E-state index is -3.65. The van der Waals surface area contributed by atoms with Gasteiger partial charge in [-0.3, -0.25) is 14.4 Å². The van der Waals surface area contributed by atoms with Gasteiger partial charge in [-0.25, -0.2) is 17.2 Å². The molecular formula is C20H19F2N3O6S. The Morgan fingerprint density at radius 2 is 2.00 bits per heavy atom. The van der Waals surface area contributed by atoms with E-state index >= 15 is 0 Å². The average Bonchev–Trinajstić information content (AvgIpc) is 2.72. The molecule has 12 heteroatoms. The molecule has 1 unspecified atom stereocenters. The first-order valence-electron chi connectivity index (χ1n) is 9.74. The Labute approximate surface area is 181 Å². The van der Waals surface area contributed by atoms with Gasteiger partial charge in [0.1, 0.15) is 17.2 Å². The van der Waals surface area contributed by atoms with Crippen molar-refractivity contribution in [3.63, 3.8) is 0 Å². The summed E-state index contributed by atoms with van der Waals surface area (Å²) in [6, 6.07) is 2.37. The molecule has 0 spiro atoms. The van der Waals surface area contributed by atoms with Gasteiger partial charge in [0.25, 0.3) is 11.8 Å². The second-order valence-electron chi connectivity index (χ2n) is 7.81. The van der Waals surface area contributed by atoms with E-state index in [1.165, 1.54) is 0 Å². The van der Waals surface area contributed by atoms with E-state index in [-0.39, 0.29) is 30.8 Å². The van der Waals surface area contributed by atoms with Gasteiger partial charge in [0.2, 0.25) is 5.43 Å². The lowest BCUT2D eigenvalue weighted by Crippen LogP contribution is -2.59. The van der Waals surface area contributed by atoms with Crippen molar-refractivity contribution < 1.29 is 31.9 Å². The van der Waals surface area contributed by atoms with Crippen LogP contribution in [0.15, 0.2) is 29.2 Å². The molecule has 1 saturated heterocycles. The molecule has 0 bridgehead atoms. The molecule has 2 aromatic rings. The minimum Gasteiger partial charge on any atom is -0.503 e. The quantitative estimate of drug-likeness (QED) is 0.686. The lowest BCUT2D eigenvalue weighted by molar-refractivity contribution is 0.0556. The van der Waals surface area contributed by atoms with Crippen molar-refractivity contribution in [2.45, 2.75) is 37.8 Å². The fraction of sp³-hybridized carbons (Fsp3) is 0.350. The Morgan fingerprint density at radius 3 is 2.69 bits per heavy atom. The minimum absolute atomic E-state index is 0.0323. The summed E-state index contributed by atoms with van der Waals surface area (Å²) in [5, 5.41) is 11.5. The molecule has 2 N–H and O–H groups in total. The van der Waals surface area contributed by atoms with Gasteiger partial charge in [0.05, 0.1) is 12.3 Å². The summed E-state index contributed by atoms with van der Waals surface area (Å²) in [5.41, 5.74) is -2.09. The van der Waals surface area contributed by atoms with Crippen molar-refractivity contribution >= 4 is 21.7 Å². The number of benzene rings is 1. The fourth-order valence-electron chi connectivity index (χ4n) is 4.01. The van der Waals surface area contributed by atoms with Gasteiger partial charge in [-0.15, -0.1) is 0 Å². The SMILES string of the molecule is C[C@@H]1CCS(=O)(=O)C2Cn3cc(C(=O)NCc4ccc(F)cc4F)c(=O)c(O)c3C(=O)N21. The van der Waals surface area contributed by atoms with Crippen molar-refractivity contribution in [3.05, 3.63) is 63.1 Å². The molecule has 2 aliphatic heterocycles. The number of nitrogens with one attached hydrogen (secondary N) is 1. The molecule has 1 aromatic carbocycles. The molecule has 0 saturated carbocycles. The second-order valence-corrected chi connectivity index (χ2v) is 10.1. The Bertz CT molecular complexity index is 1310. The number of pyridine rings is 1. The van der Waals surface area contributed by atoms with E-state index in [2.05, 4.69) is 5.32 Å². The third-order valence-electron chi connectivity index (χ3n) is 5.77. The normalized spacial score (nSPS) is 21.6. The number of nitrogens with zero attached hydrogens (tertiary/aromatic N) is 2. The van der Waals surface area contributed by atoms with Gasteiger partial charge < -0.3 is 19.9 Å². The number of hydrogen-bond donors (Lipinski definition) is 2. The zero-order valence-corrected chi connectivity index (χ0v) is 17.7. The molecular weight excluding hydrogens is 448 g/mol. The first kappa shape index (κ1) is 21.9. The number of aromatic nitrogens is 1. The van der Waals surface area contributed by atoms with Gasteiger partial charge in [-0.2, -0.15) is 0 Å². The van der Waals surface area contributed by atoms with Gasteiger partial charge in [0, 0.05) is 30.4 Å². The number of halogens is 2. The summed E-state index contributed by atoms with van der Waals surface area (Å²) in [5.74, 6) is -4.55. The monoisotopic (exact) mass is 467 g/mol. The highest BCUT2D eigenvalue weighted by Gasteiger charge is 2.47. The topological polar surface area (TPSA) is 126 Å². The molecule has 0 radical (unpaired) electrons. The maximum Gasteiger partial charge on any atom is 0.275 e. The second kappa shape index (κ2) is 7.69. The molecule has 1 aromatic heterocycles. The predicted octanol–water partition coefficient (Wildman–Crippen LogP) is 0.751. The lowest BCUT2D eigenvalue weighted by atomic mass is 10.1. The fourth-order valence-corrected chi connectivity index (χ4v) is 5.98. The Hall–Kier alpha value is -3.28. The van der Waals surface area contributed by atoms with Crippen molar-refractivity contribution in [1.29, 1.82) is 0 Å². The molecule has 9 nitrogen and oxygen atoms in total. The van der Waals surface area contributed by atoms with E-state index in [1.54, 1.807) is 6.92 Å². The number of sulfone groups is 1. The standard InChI is InChI=1S/C20H19F2N3O6S/c1-10-4-5-32(30,31)15-9-24-8-13(17(26)18(27)16(24)20(29)25(10)15)19(28)23-7-11-2-3-12(21)6-14(11)22/h2-3,6,8,10,15,27H,4-5,7,9H2,1H3,(H,23,28)/t10-,15?/m1/s1. The number of hydrogen-bond acceptors (Lipinski definition) is 6. The number of carbonyl (C=O) groups is 2. The molecule has 3 heterocycles. The van der Waals surface area contributed by atoms with Crippen molar-refractivity contribution in [1.82, 2.24) is 14.8 Å². The van der Waals surface area contributed by atoms with Crippen LogP contribution in [0.4, 0.5) is 8.78 Å². The molecule has 4 rings (SSSR count). The van der Waals surface area contributed by atoms with E-state index in [9.17, 15) is 36.7 Å². The molecule has 32 heavy (non-hydrogen) atoms. The van der Waals surface area contributed by atoms with Crippen LogP contribution in [0.2, 0.25) is 0 Å². The Morgan fingerprint density at radius 1 is 1.28 bits per heavy atom. The molecule has 2 aliphatic rings. The van der Waals surface area contributed by atoms with Crippen LogP contribution in [0.5, 0.6) is 5.75 Å². The highest BCUT2D eigenvalue weighted by atomic mass is 32.2. The van der Waals surface area contributed by atoms with Crippen LogP contribution in [-0.4, -0.2) is 52.0 Å². The smallest absolute Gasteiger partial charge is 0.275 e. The largest absolute Gasteiger partial charge is 0.503 e. The lowest BCUT2D eigenvalue weighted by Gasteiger charge is -2.43. The van der Waals surface area contributed by atoms with Crippen molar-refractivity contribution in [3.8, 4) is 5.75 Å². The summed E-state index contributed by atoms with van der Waals surface area (Å²) >= 11 is 0. The molecule has 170 valence electrons. The van der Waals surface area contributed by atoms with Crippen LogP contribution >= 0.6 is 0 Å². The summed E-state index contributed by atoms with van der Waals surface area (Å²) < 4.78 is 53.0. The summed E-state index contributed by atoms with van der Waals surface area (Å²) in [6.45, 7) is 1.06. The van der Waals surface area contributed by atoms with E-state index in [0.29, 0.717) is 6.07 Å². The summed E-state index contributed by atoms with van der Waals surface area (Å²) in [6.07, 6.45) is 1.24. The highest BCUT2D eigenvalue weighted by molar-refractivity contribution is 7.92. The molecule has 2 amide bonds. The third kappa shape index (κ3) is 3.53. The van der Waals surface area contributed by atoms with Crippen molar-refractivity contribution in [2.24, 2.45) is 0 Å². The van der Waals surface area contributed by atoms with Gasteiger partial charge in [0.15, 0.2) is 26.7 Å². The van der Waals surface area contributed by atoms with Gasteiger partial charge >= 0.3 is 0 Å². The van der Waals surface area contributed by atoms with Crippen LogP contribution in [0, 0.1) is 11.6 Å². The Balaban J connectivity index is 1.68. The Kier molecular flexibility index (Phi) is 5.27. The number of carbonyl (C=O) groups excluding carboxylic acids is 2. The maximum absolute atomic E-state index is 13.8. The van der Waals surface area contributed by atoms with Crippen LogP contribution in [0.25, 0.3) is 0 Å². The van der Waals surface area contributed by atoms with Crippen LogP contribution in [0.3, 0.4) is 0 Å². The molecule has 2 atom stereocenters. The first-order valence-corrected chi connectivity index (χ1v) is 11.5. The first-order chi connectivity index (χ1) is 15.0. The van der Waals surface area contributed by atoms with Crippen LogP contribution in [0.1, 0.15) is 39.8 Å².